The van der Waals surface area contributed by atoms with Gasteiger partial charge in [0.2, 0.25) is 0 Å². The van der Waals surface area contributed by atoms with Crippen LogP contribution in [-0.2, 0) is 9.53 Å². The van der Waals surface area contributed by atoms with Crippen molar-refractivity contribution in [1.82, 2.24) is 0 Å². The summed E-state index contributed by atoms with van der Waals surface area (Å²) in [7, 11) is 0. The number of hydrogen-bond acceptors (Lipinski definition) is 3. The zero-order chi connectivity index (χ0) is 13.1. The molecule has 2 fully saturated rings. The highest BCUT2D eigenvalue weighted by Crippen LogP contribution is 2.55. The molecule has 2 saturated carbocycles. The predicted octanol–water partition coefficient (Wildman–Crippen LogP) is 2.36. The summed E-state index contributed by atoms with van der Waals surface area (Å²) in [5, 5.41) is 10.3. The van der Waals surface area contributed by atoms with Crippen LogP contribution in [0.4, 0.5) is 0 Å². The molecule has 3 rings (SSSR count). The van der Waals surface area contributed by atoms with E-state index in [1.54, 1.807) is 0 Å². The van der Waals surface area contributed by atoms with E-state index in [2.05, 4.69) is 13.5 Å². The molecule has 1 N–H and O–H groups in total. The molecule has 98 valence electrons. The van der Waals surface area contributed by atoms with Crippen molar-refractivity contribution >= 4 is 5.97 Å². The van der Waals surface area contributed by atoms with Crippen LogP contribution < -0.4 is 0 Å². The zero-order valence-corrected chi connectivity index (χ0v) is 11.0. The van der Waals surface area contributed by atoms with Gasteiger partial charge in [-0.3, -0.25) is 0 Å². The highest BCUT2D eigenvalue weighted by atomic mass is 16.5. The minimum absolute atomic E-state index is 0.112. The van der Waals surface area contributed by atoms with E-state index < -0.39 is 0 Å². The maximum Gasteiger partial charge on any atom is 0.334 e. The monoisotopic (exact) mass is 248 g/mol. The highest BCUT2D eigenvalue weighted by Gasteiger charge is 2.53. The SMILES string of the molecule is C=C1CCC(O)C2(C)CC3OC(=O)C(C)=C3CC12. The van der Waals surface area contributed by atoms with E-state index >= 15 is 0 Å². The van der Waals surface area contributed by atoms with E-state index in [9.17, 15) is 9.90 Å². The average Bonchev–Trinajstić information content (AvgIpc) is 2.58. The van der Waals surface area contributed by atoms with E-state index in [4.69, 9.17) is 4.74 Å². The number of ether oxygens (including phenoxy) is 1. The summed E-state index contributed by atoms with van der Waals surface area (Å²) in [6, 6.07) is 0. The molecule has 4 unspecified atom stereocenters. The second-order valence-electron chi connectivity index (χ2n) is 6.22. The van der Waals surface area contributed by atoms with Crippen molar-refractivity contribution in [2.45, 2.75) is 51.7 Å². The highest BCUT2D eigenvalue weighted by molar-refractivity contribution is 5.91. The second kappa shape index (κ2) is 3.70. The summed E-state index contributed by atoms with van der Waals surface area (Å²) in [5.41, 5.74) is 2.95. The normalized spacial score (nSPS) is 43.6. The maximum absolute atomic E-state index is 11.6. The summed E-state index contributed by atoms with van der Waals surface area (Å²) in [6.45, 7) is 8.14. The zero-order valence-electron chi connectivity index (χ0n) is 11.0. The van der Waals surface area contributed by atoms with Crippen molar-refractivity contribution < 1.29 is 14.6 Å². The number of hydrogen-bond donors (Lipinski definition) is 1. The Morgan fingerprint density at radius 3 is 2.94 bits per heavy atom. The third-order valence-corrected chi connectivity index (χ3v) is 5.26. The molecule has 3 heteroatoms. The Kier molecular flexibility index (Phi) is 2.46. The fraction of sp³-hybridized carbons (Fsp3) is 0.667. The molecule has 1 aliphatic heterocycles. The molecule has 1 heterocycles. The first-order valence-electron chi connectivity index (χ1n) is 6.70. The summed E-state index contributed by atoms with van der Waals surface area (Å²) >= 11 is 0. The van der Waals surface area contributed by atoms with Crippen LogP contribution in [0, 0.1) is 11.3 Å². The van der Waals surface area contributed by atoms with Gasteiger partial charge in [-0.1, -0.05) is 19.1 Å². The largest absolute Gasteiger partial charge is 0.454 e. The van der Waals surface area contributed by atoms with Crippen molar-refractivity contribution in [3.63, 3.8) is 0 Å². The molecule has 4 atom stereocenters. The number of esters is 1. The van der Waals surface area contributed by atoms with E-state index in [1.807, 2.05) is 6.92 Å². The lowest BCUT2D eigenvalue weighted by molar-refractivity contribution is -0.144. The fourth-order valence-electron chi connectivity index (χ4n) is 3.91. The van der Waals surface area contributed by atoms with E-state index in [0.29, 0.717) is 0 Å². The van der Waals surface area contributed by atoms with Gasteiger partial charge < -0.3 is 9.84 Å². The van der Waals surface area contributed by atoms with E-state index in [0.717, 1.165) is 36.8 Å². The standard InChI is InChI=1S/C15H20O3/c1-8-4-5-13(16)15(3)7-12-10(6-11(8)15)9(2)14(17)18-12/h11-13,16H,1,4-7H2,2-3H3. The Labute approximate surface area is 108 Å². The molecule has 0 aromatic heterocycles. The van der Waals surface area contributed by atoms with Crippen LogP contribution in [-0.4, -0.2) is 23.3 Å². The summed E-state index contributed by atoms with van der Waals surface area (Å²) in [5.74, 6) is 0.106. The minimum atomic E-state index is -0.311. The molecule has 0 aromatic carbocycles. The molecule has 0 amide bonds. The van der Waals surface area contributed by atoms with Crippen molar-refractivity contribution in [2.75, 3.05) is 0 Å². The fourth-order valence-corrected chi connectivity index (χ4v) is 3.91. The van der Waals surface area contributed by atoms with Crippen LogP contribution in [0.15, 0.2) is 23.3 Å². The lowest BCUT2D eigenvalue weighted by atomic mass is 9.56. The predicted molar refractivity (Wildman–Crippen MR) is 67.8 cm³/mol. The first-order chi connectivity index (χ1) is 8.43. The Morgan fingerprint density at radius 2 is 2.22 bits per heavy atom. The molecule has 0 spiro atoms. The van der Waals surface area contributed by atoms with Crippen LogP contribution in [0.5, 0.6) is 0 Å². The van der Waals surface area contributed by atoms with Crippen molar-refractivity contribution in [2.24, 2.45) is 11.3 Å². The summed E-state index contributed by atoms with van der Waals surface area (Å²) in [4.78, 5) is 11.6. The van der Waals surface area contributed by atoms with Crippen LogP contribution >= 0.6 is 0 Å². The summed E-state index contributed by atoms with van der Waals surface area (Å²) in [6.07, 6.45) is 2.82. The van der Waals surface area contributed by atoms with Gasteiger partial charge in [0, 0.05) is 11.0 Å². The number of carbonyl (C=O) groups is 1. The van der Waals surface area contributed by atoms with Gasteiger partial charge in [-0.05, 0) is 44.1 Å². The number of carbonyl (C=O) groups excluding carboxylic acids is 1. The third kappa shape index (κ3) is 1.43. The van der Waals surface area contributed by atoms with Gasteiger partial charge in [0.25, 0.3) is 0 Å². The van der Waals surface area contributed by atoms with Crippen molar-refractivity contribution in [3.05, 3.63) is 23.3 Å². The molecule has 2 aliphatic carbocycles. The maximum atomic E-state index is 11.6. The molecule has 0 bridgehead atoms. The van der Waals surface area contributed by atoms with Crippen molar-refractivity contribution in [1.29, 1.82) is 0 Å². The number of fused-ring (bicyclic) bond motifs is 2. The molecular weight excluding hydrogens is 228 g/mol. The Bertz CT molecular complexity index is 462. The molecule has 0 saturated heterocycles. The second-order valence-corrected chi connectivity index (χ2v) is 6.22. The Morgan fingerprint density at radius 1 is 1.50 bits per heavy atom. The quantitative estimate of drug-likeness (QED) is 0.529. The molecule has 0 radical (unpaired) electrons. The van der Waals surface area contributed by atoms with Crippen LogP contribution in [0.1, 0.15) is 39.5 Å². The topological polar surface area (TPSA) is 46.5 Å². The number of rotatable bonds is 0. The molecule has 3 aliphatic rings. The van der Waals surface area contributed by atoms with Gasteiger partial charge in [0.15, 0.2) is 0 Å². The average molecular weight is 248 g/mol. The number of allylic oxidation sites excluding steroid dienone is 1. The van der Waals surface area contributed by atoms with Crippen LogP contribution in [0.2, 0.25) is 0 Å². The lowest BCUT2D eigenvalue weighted by Crippen LogP contribution is -2.49. The summed E-state index contributed by atoms with van der Waals surface area (Å²) < 4.78 is 5.42. The van der Waals surface area contributed by atoms with Crippen LogP contribution in [0.25, 0.3) is 0 Å². The van der Waals surface area contributed by atoms with Crippen LogP contribution in [0.3, 0.4) is 0 Å². The number of aliphatic hydroxyl groups is 1. The van der Waals surface area contributed by atoms with E-state index in [-0.39, 0.29) is 29.5 Å². The van der Waals surface area contributed by atoms with Gasteiger partial charge in [0.1, 0.15) is 6.10 Å². The smallest absolute Gasteiger partial charge is 0.334 e. The molecular formula is C15H20O3. The first kappa shape index (κ1) is 12.0. The third-order valence-electron chi connectivity index (χ3n) is 5.26. The Hall–Kier alpha value is -1.09. The van der Waals surface area contributed by atoms with Gasteiger partial charge in [0.05, 0.1) is 6.10 Å². The molecule has 18 heavy (non-hydrogen) atoms. The van der Waals surface area contributed by atoms with Gasteiger partial charge in [-0.2, -0.15) is 0 Å². The molecule has 0 aromatic rings. The first-order valence-corrected chi connectivity index (χ1v) is 6.70. The van der Waals surface area contributed by atoms with E-state index in [1.165, 1.54) is 5.57 Å². The van der Waals surface area contributed by atoms with Crippen molar-refractivity contribution in [3.8, 4) is 0 Å². The lowest BCUT2D eigenvalue weighted by Gasteiger charge is -2.51. The van der Waals surface area contributed by atoms with Gasteiger partial charge in [-0.25, -0.2) is 4.79 Å². The Balaban J connectivity index is 1.99. The number of aliphatic hydroxyl groups excluding tert-OH is 1. The van der Waals surface area contributed by atoms with Gasteiger partial charge >= 0.3 is 5.97 Å². The molecule has 3 nitrogen and oxygen atoms in total. The van der Waals surface area contributed by atoms with Gasteiger partial charge in [-0.15, -0.1) is 0 Å². The minimum Gasteiger partial charge on any atom is -0.454 e.